The third kappa shape index (κ3) is 4.62. The summed E-state index contributed by atoms with van der Waals surface area (Å²) >= 11 is 0. The molecule has 0 aromatic heterocycles. The molecule has 2 atom stereocenters. The van der Waals surface area contributed by atoms with Gasteiger partial charge in [0.2, 0.25) is 0 Å². The first-order valence-electron chi connectivity index (χ1n) is 9.47. The van der Waals surface area contributed by atoms with E-state index in [0.29, 0.717) is 18.3 Å². The van der Waals surface area contributed by atoms with E-state index in [4.69, 9.17) is 4.74 Å². The maximum Gasteiger partial charge on any atom is 0.306 e. The van der Waals surface area contributed by atoms with Gasteiger partial charge in [-0.25, -0.2) is 0 Å². The highest BCUT2D eigenvalue weighted by atomic mass is 16.6. The second-order valence-corrected chi connectivity index (χ2v) is 7.84. The van der Waals surface area contributed by atoms with Crippen LogP contribution in [0.25, 0.3) is 0 Å². The molecule has 1 aromatic carbocycles. The van der Waals surface area contributed by atoms with Gasteiger partial charge in [-0.15, -0.1) is 0 Å². The van der Waals surface area contributed by atoms with Gasteiger partial charge in [-0.05, 0) is 46.6 Å². The summed E-state index contributed by atoms with van der Waals surface area (Å²) < 4.78 is 6.35. The standard InChI is InChI=1S/C21H34N2O2/c1-6-20(24)25-21(17-11-8-7-9-12-17)18(15-22(2)3)13-10-14-19(21)16-23(4)5/h7-9,11-12,18-19H,6,10,13-16H2,1-5H3/t18-,19-/m1/s1. The molecular weight excluding hydrogens is 312 g/mol. The molecule has 1 saturated carbocycles. The fraction of sp³-hybridized carbons (Fsp3) is 0.667. The number of carbonyl (C=O) groups excluding carboxylic acids is 1. The lowest BCUT2D eigenvalue weighted by Gasteiger charge is -2.50. The maximum absolute atomic E-state index is 12.5. The zero-order chi connectivity index (χ0) is 18.4. The third-order valence-corrected chi connectivity index (χ3v) is 5.29. The summed E-state index contributed by atoms with van der Waals surface area (Å²) in [5, 5.41) is 0. The summed E-state index contributed by atoms with van der Waals surface area (Å²) in [5.41, 5.74) is 0.608. The zero-order valence-corrected chi connectivity index (χ0v) is 16.5. The molecule has 0 N–H and O–H groups in total. The van der Waals surface area contributed by atoms with Gasteiger partial charge in [-0.2, -0.15) is 0 Å². The minimum Gasteiger partial charge on any atom is -0.453 e. The predicted molar refractivity (Wildman–Crippen MR) is 102 cm³/mol. The Morgan fingerprint density at radius 2 is 1.56 bits per heavy atom. The summed E-state index contributed by atoms with van der Waals surface area (Å²) in [4.78, 5) is 16.9. The van der Waals surface area contributed by atoms with Gasteiger partial charge in [-0.1, -0.05) is 43.7 Å². The quantitative estimate of drug-likeness (QED) is 0.709. The average Bonchev–Trinajstić information content (AvgIpc) is 2.57. The lowest BCUT2D eigenvalue weighted by atomic mass is 9.64. The van der Waals surface area contributed by atoms with E-state index >= 15 is 0 Å². The molecule has 1 aliphatic carbocycles. The van der Waals surface area contributed by atoms with Crippen molar-refractivity contribution in [2.24, 2.45) is 11.8 Å². The topological polar surface area (TPSA) is 32.8 Å². The fourth-order valence-corrected chi connectivity index (χ4v) is 4.36. The number of rotatable bonds is 7. The van der Waals surface area contributed by atoms with E-state index in [9.17, 15) is 4.79 Å². The highest BCUT2D eigenvalue weighted by molar-refractivity contribution is 5.70. The SMILES string of the molecule is CCC(=O)OC1(c2ccccc2)[C@@H](CN(C)C)CCC[C@@H]1CN(C)C. The van der Waals surface area contributed by atoms with E-state index in [1.165, 1.54) is 6.42 Å². The molecular formula is C21H34N2O2. The summed E-state index contributed by atoms with van der Waals surface area (Å²) in [6.07, 6.45) is 3.79. The van der Waals surface area contributed by atoms with Crippen LogP contribution in [-0.2, 0) is 15.1 Å². The Morgan fingerprint density at radius 3 is 2.00 bits per heavy atom. The van der Waals surface area contributed by atoms with E-state index in [1.807, 2.05) is 13.0 Å². The van der Waals surface area contributed by atoms with Crippen LogP contribution in [0, 0.1) is 11.8 Å². The van der Waals surface area contributed by atoms with Crippen LogP contribution >= 0.6 is 0 Å². The van der Waals surface area contributed by atoms with Gasteiger partial charge in [0.25, 0.3) is 0 Å². The Morgan fingerprint density at radius 1 is 1.04 bits per heavy atom. The second kappa shape index (κ2) is 8.81. The van der Waals surface area contributed by atoms with E-state index < -0.39 is 5.60 Å². The molecule has 4 heteroatoms. The van der Waals surface area contributed by atoms with Gasteiger partial charge in [0.05, 0.1) is 0 Å². The van der Waals surface area contributed by atoms with Gasteiger partial charge in [0.15, 0.2) is 0 Å². The molecule has 0 spiro atoms. The number of hydrogen-bond acceptors (Lipinski definition) is 4. The molecule has 4 nitrogen and oxygen atoms in total. The van der Waals surface area contributed by atoms with Crippen LogP contribution in [-0.4, -0.2) is 57.0 Å². The van der Waals surface area contributed by atoms with Crippen LogP contribution < -0.4 is 0 Å². The Kier molecular flexibility index (Phi) is 7.03. The number of esters is 1. The van der Waals surface area contributed by atoms with Crippen molar-refractivity contribution >= 4 is 5.97 Å². The van der Waals surface area contributed by atoms with Crippen molar-refractivity contribution < 1.29 is 9.53 Å². The highest BCUT2D eigenvalue weighted by Gasteiger charge is 2.52. The van der Waals surface area contributed by atoms with Crippen LogP contribution in [0.4, 0.5) is 0 Å². The van der Waals surface area contributed by atoms with Crippen LogP contribution in [0.2, 0.25) is 0 Å². The van der Waals surface area contributed by atoms with Crippen LogP contribution in [0.1, 0.15) is 38.2 Å². The molecule has 1 aliphatic rings. The van der Waals surface area contributed by atoms with Gasteiger partial charge < -0.3 is 14.5 Å². The summed E-state index contributed by atoms with van der Waals surface area (Å²) in [6, 6.07) is 10.4. The minimum atomic E-state index is -0.541. The molecule has 140 valence electrons. The van der Waals surface area contributed by atoms with Crippen LogP contribution in [0.3, 0.4) is 0 Å². The van der Waals surface area contributed by atoms with Crippen molar-refractivity contribution in [1.82, 2.24) is 9.80 Å². The normalized spacial score (nSPS) is 23.0. The molecule has 0 amide bonds. The Labute approximate surface area is 153 Å². The first-order chi connectivity index (χ1) is 11.9. The van der Waals surface area contributed by atoms with Crippen molar-refractivity contribution in [3.8, 4) is 0 Å². The average molecular weight is 347 g/mol. The Balaban J connectivity index is 2.55. The number of carbonyl (C=O) groups is 1. The lowest BCUT2D eigenvalue weighted by molar-refractivity contribution is -0.187. The Hall–Kier alpha value is -1.39. The predicted octanol–water partition coefficient (Wildman–Crippen LogP) is 3.37. The molecule has 25 heavy (non-hydrogen) atoms. The molecule has 0 saturated heterocycles. The van der Waals surface area contributed by atoms with Gasteiger partial charge in [0.1, 0.15) is 5.60 Å². The second-order valence-electron chi connectivity index (χ2n) is 7.84. The molecule has 0 aliphatic heterocycles. The van der Waals surface area contributed by atoms with Gasteiger partial charge >= 0.3 is 5.97 Å². The number of ether oxygens (including phenoxy) is 1. The van der Waals surface area contributed by atoms with Gasteiger partial charge in [0, 0.05) is 31.3 Å². The molecule has 0 bridgehead atoms. The molecule has 0 heterocycles. The largest absolute Gasteiger partial charge is 0.453 e. The smallest absolute Gasteiger partial charge is 0.306 e. The van der Waals surface area contributed by atoms with Crippen molar-refractivity contribution in [3.05, 3.63) is 35.9 Å². The van der Waals surface area contributed by atoms with Crippen molar-refractivity contribution in [2.75, 3.05) is 41.3 Å². The van der Waals surface area contributed by atoms with E-state index in [1.54, 1.807) is 0 Å². The molecule has 2 rings (SSSR count). The van der Waals surface area contributed by atoms with Crippen molar-refractivity contribution in [3.63, 3.8) is 0 Å². The summed E-state index contributed by atoms with van der Waals surface area (Å²) in [5.74, 6) is 0.511. The number of benzene rings is 1. The van der Waals surface area contributed by atoms with E-state index in [2.05, 4.69) is 62.3 Å². The first-order valence-corrected chi connectivity index (χ1v) is 9.47. The minimum absolute atomic E-state index is 0.0988. The third-order valence-electron chi connectivity index (χ3n) is 5.29. The molecule has 1 aromatic rings. The highest BCUT2D eigenvalue weighted by Crippen LogP contribution is 2.49. The molecule has 0 radical (unpaired) electrons. The van der Waals surface area contributed by atoms with E-state index in [0.717, 1.165) is 31.5 Å². The van der Waals surface area contributed by atoms with Crippen LogP contribution in [0.15, 0.2) is 30.3 Å². The number of hydrogen-bond donors (Lipinski definition) is 0. The van der Waals surface area contributed by atoms with Crippen molar-refractivity contribution in [1.29, 1.82) is 0 Å². The summed E-state index contributed by atoms with van der Waals surface area (Å²) in [7, 11) is 8.42. The van der Waals surface area contributed by atoms with E-state index in [-0.39, 0.29) is 5.97 Å². The Bertz CT molecular complexity index is 524. The maximum atomic E-state index is 12.5. The lowest BCUT2D eigenvalue weighted by Crippen LogP contribution is -2.54. The van der Waals surface area contributed by atoms with Crippen LogP contribution in [0.5, 0.6) is 0 Å². The fourth-order valence-electron chi connectivity index (χ4n) is 4.36. The monoisotopic (exact) mass is 346 g/mol. The van der Waals surface area contributed by atoms with Crippen molar-refractivity contribution in [2.45, 2.75) is 38.2 Å². The van der Waals surface area contributed by atoms with Gasteiger partial charge in [-0.3, -0.25) is 4.79 Å². The number of nitrogens with zero attached hydrogens (tertiary/aromatic N) is 2. The zero-order valence-electron chi connectivity index (χ0n) is 16.5. The molecule has 1 fully saturated rings. The molecule has 0 unspecified atom stereocenters. The summed E-state index contributed by atoms with van der Waals surface area (Å²) in [6.45, 7) is 3.73. The first kappa shape index (κ1) is 19.9.